The topological polar surface area (TPSA) is 32.3 Å². The number of rotatable bonds is 8. The van der Waals surface area contributed by atoms with Crippen LogP contribution in [0.4, 0.5) is 0 Å². The summed E-state index contributed by atoms with van der Waals surface area (Å²) in [4.78, 5) is 0. The summed E-state index contributed by atoms with van der Waals surface area (Å²) in [7, 11) is 0. The molecule has 0 heterocycles. The average molecular weight is 267 g/mol. The summed E-state index contributed by atoms with van der Waals surface area (Å²) in [5, 5.41) is 12.3. The first-order valence-electron chi connectivity index (χ1n) is 6.70. The second kappa shape index (κ2) is 8.57. The Hall–Kier alpha value is -0.510. The van der Waals surface area contributed by atoms with Gasteiger partial charge in [0.1, 0.15) is 0 Å². The van der Waals surface area contributed by atoms with Crippen LogP contribution in [0.25, 0.3) is 0 Å². The Morgan fingerprint density at radius 3 is 2.28 bits per heavy atom. The molecule has 1 aromatic rings. The van der Waals surface area contributed by atoms with Crippen molar-refractivity contribution in [3.05, 3.63) is 35.4 Å². The molecule has 0 saturated heterocycles. The lowest BCUT2D eigenvalue weighted by molar-refractivity contribution is 0.322. The van der Waals surface area contributed by atoms with Gasteiger partial charge in [0, 0.05) is 17.5 Å². The van der Waals surface area contributed by atoms with Crippen LogP contribution in [-0.4, -0.2) is 29.8 Å². The van der Waals surface area contributed by atoms with Crippen LogP contribution in [0, 0.1) is 0 Å². The van der Waals surface area contributed by atoms with Crippen molar-refractivity contribution in [2.75, 3.05) is 24.7 Å². The van der Waals surface area contributed by atoms with Crippen molar-refractivity contribution in [1.29, 1.82) is 0 Å². The summed E-state index contributed by atoms with van der Waals surface area (Å²) < 4.78 is 0. The lowest BCUT2D eigenvalue weighted by atomic mass is 9.99. The fourth-order valence-corrected chi connectivity index (χ4v) is 2.74. The highest BCUT2D eigenvalue weighted by molar-refractivity contribution is 7.99. The van der Waals surface area contributed by atoms with Crippen LogP contribution in [0.3, 0.4) is 0 Å². The third-order valence-corrected chi connectivity index (χ3v) is 4.02. The van der Waals surface area contributed by atoms with E-state index in [0.717, 1.165) is 18.1 Å². The van der Waals surface area contributed by atoms with Gasteiger partial charge in [-0.2, -0.15) is 11.8 Å². The number of hydrogen-bond acceptors (Lipinski definition) is 3. The Morgan fingerprint density at radius 2 is 1.78 bits per heavy atom. The molecule has 0 fully saturated rings. The Morgan fingerprint density at radius 1 is 1.17 bits per heavy atom. The van der Waals surface area contributed by atoms with Gasteiger partial charge in [-0.05, 0) is 23.6 Å². The van der Waals surface area contributed by atoms with Crippen LogP contribution >= 0.6 is 11.8 Å². The van der Waals surface area contributed by atoms with E-state index in [-0.39, 0.29) is 6.61 Å². The Labute approximate surface area is 115 Å². The third kappa shape index (κ3) is 5.01. The van der Waals surface area contributed by atoms with Crippen LogP contribution < -0.4 is 5.32 Å². The minimum absolute atomic E-state index is 0.260. The highest BCUT2D eigenvalue weighted by atomic mass is 32.2. The quantitative estimate of drug-likeness (QED) is 0.710. The highest BCUT2D eigenvalue weighted by Gasteiger charge is 2.10. The first-order valence-corrected chi connectivity index (χ1v) is 7.86. The molecule has 0 saturated carbocycles. The first kappa shape index (κ1) is 15.5. The monoisotopic (exact) mass is 267 g/mol. The predicted molar refractivity (Wildman–Crippen MR) is 81.4 cm³/mol. The Balaban J connectivity index is 2.66. The van der Waals surface area contributed by atoms with E-state index < -0.39 is 0 Å². The molecule has 1 aromatic carbocycles. The van der Waals surface area contributed by atoms with E-state index in [0.29, 0.717) is 12.0 Å². The Kier molecular flexibility index (Phi) is 7.40. The summed E-state index contributed by atoms with van der Waals surface area (Å²) in [6, 6.07) is 9.28. The van der Waals surface area contributed by atoms with Crippen molar-refractivity contribution >= 4 is 11.8 Å². The molecule has 0 aliphatic carbocycles. The maximum Gasteiger partial charge on any atom is 0.0521 e. The zero-order valence-electron chi connectivity index (χ0n) is 11.6. The minimum Gasteiger partial charge on any atom is -0.396 e. The van der Waals surface area contributed by atoms with E-state index >= 15 is 0 Å². The van der Waals surface area contributed by atoms with Gasteiger partial charge in [-0.3, -0.25) is 0 Å². The van der Waals surface area contributed by atoms with Crippen molar-refractivity contribution in [3.8, 4) is 0 Å². The Bertz CT molecular complexity index is 324. The maximum atomic E-state index is 8.84. The first-order chi connectivity index (χ1) is 8.69. The molecule has 0 aliphatic heterocycles. The third-order valence-electron chi connectivity index (χ3n) is 2.98. The number of aliphatic hydroxyl groups excluding tert-OH is 1. The zero-order valence-corrected chi connectivity index (χ0v) is 12.5. The average Bonchev–Trinajstić information content (AvgIpc) is 2.38. The van der Waals surface area contributed by atoms with Gasteiger partial charge in [0.25, 0.3) is 0 Å². The fraction of sp³-hybridized carbons (Fsp3) is 0.600. The fourth-order valence-electron chi connectivity index (χ4n) is 1.90. The van der Waals surface area contributed by atoms with Crippen molar-refractivity contribution < 1.29 is 5.11 Å². The van der Waals surface area contributed by atoms with Crippen LogP contribution in [-0.2, 0) is 0 Å². The van der Waals surface area contributed by atoms with Crippen LogP contribution in [0.5, 0.6) is 0 Å². The normalized spacial score (nSPS) is 12.9. The summed E-state index contributed by atoms with van der Waals surface area (Å²) in [6.45, 7) is 7.79. The standard InChI is InChI=1S/C15H25NOS/c1-4-16-15(11-18-10-9-17)14-7-5-13(6-8-14)12(2)3/h5-8,12,15-17H,4,9-11H2,1-3H3. The van der Waals surface area contributed by atoms with Gasteiger partial charge in [0.15, 0.2) is 0 Å². The SMILES string of the molecule is CCNC(CSCCO)c1ccc(C(C)C)cc1. The largest absolute Gasteiger partial charge is 0.396 e. The number of nitrogens with one attached hydrogen (secondary N) is 1. The smallest absolute Gasteiger partial charge is 0.0521 e. The molecule has 18 heavy (non-hydrogen) atoms. The van der Waals surface area contributed by atoms with Gasteiger partial charge in [0.05, 0.1) is 6.61 Å². The molecule has 0 bridgehead atoms. The van der Waals surface area contributed by atoms with Crippen molar-refractivity contribution in [1.82, 2.24) is 5.32 Å². The predicted octanol–water partition coefficient (Wildman–Crippen LogP) is 3.19. The molecule has 1 unspecified atom stereocenters. The molecule has 0 spiro atoms. The number of hydrogen-bond donors (Lipinski definition) is 2. The zero-order chi connectivity index (χ0) is 13.4. The van der Waals surface area contributed by atoms with Crippen LogP contribution in [0.1, 0.15) is 43.9 Å². The van der Waals surface area contributed by atoms with E-state index in [2.05, 4.69) is 50.4 Å². The number of benzene rings is 1. The lowest BCUT2D eigenvalue weighted by Crippen LogP contribution is -2.23. The van der Waals surface area contributed by atoms with Gasteiger partial charge < -0.3 is 10.4 Å². The van der Waals surface area contributed by atoms with Gasteiger partial charge in [-0.1, -0.05) is 45.0 Å². The van der Waals surface area contributed by atoms with Crippen molar-refractivity contribution in [3.63, 3.8) is 0 Å². The molecule has 0 amide bonds. The molecule has 0 radical (unpaired) electrons. The molecule has 0 aromatic heterocycles. The van der Waals surface area contributed by atoms with Crippen LogP contribution in [0.2, 0.25) is 0 Å². The van der Waals surface area contributed by atoms with E-state index in [1.54, 1.807) is 11.8 Å². The molecule has 1 rings (SSSR count). The van der Waals surface area contributed by atoms with Crippen molar-refractivity contribution in [2.45, 2.75) is 32.7 Å². The highest BCUT2D eigenvalue weighted by Crippen LogP contribution is 2.21. The maximum absolute atomic E-state index is 8.84. The minimum atomic E-state index is 0.260. The second-order valence-electron chi connectivity index (χ2n) is 4.73. The molecule has 102 valence electrons. The molecule has 0 aliphatic rings. The molecular formula is C15H25NOS. The summed E-state index contributed by atoms with van der Waals surface area (Å²) in [6.07, 6.45) is 0. The molecule has 1 atom stereocenters. The summed E-state index contributed by atoms with van der Waals surface area (Å²) in [5.41, 5.74) is 2.73. The summed E-state index contributed by atoms with van der Waals surface area (Å²) >= 11 is 1.79. The second-order valence-corrected chi connectivity index (χ2v) is 5.88. The molecule has 2 nitrogen and oxygen atoms in total. The van der Waals surface area contributed by atoms with E-state index in [4.69, 9.17) is 5.11 Å². The molecule has 3 heteroatoms. The molecular weight excluding hydrogens is 242 g/mol. The van der Waals surface area contributed by atoms with Crippen LogP contribution in [0.15, 0.2) is 24.3 Å². The van der Waals surface area contributed by atoms with E-state index in [1.165, 1.54) is 11.1 Å². The number of thioether (sulfide) groups is 1. The van der Waals surface area contributed by atoms with Gasteiger partial charge >= 0.3 is 0 Å². The lowest BCUT2D eigenvalue weighted by Gasteiger charge is -2.18. The van der Waals surface area contributed by atoms with E-state index in [1.807, 2.05) is 0 Å². The van der Waals surface area contributed by atoms with Gasteiger partial charge in [-0.15, -0.1) is 0 Å². The molecule has 2 N–H and O–H groups in total. The van der Waals surface area contributed by atoms with E-state index in [9.17, 15) is 0 Å². The van der Waals surface area contributed by atoms with Gasteiger partial charge in [-0.25, -0.2) is 0 Å². The summed E-state index contributed by atoms with van der Waals surface area (Å²) in [5.74, 6) is 2.40. The van der Waals surface area contributed by atoms with Crippen molar-refractivity contribution in [2.24, 2.45) is 0 Å². The van der Waals surface area contributed by atoms with Gasteiger partial charge in [0.2, 0.25) is 0 Å². The number of aliphatic hydroxyl groups is 1.